The molecule has 7 heteroatoms. The van der Waals surface area contributed by atoms with E-state index in [4.69, 9.17) is 4.74 Å². The summed E-state index contributed by atoms with van der Waals surface area (Å²) in [5, 5.41) is 3.35. The van der Waals surface area contributed by atoms with Crippen molar-refractivity contribution in [2.75, 3.05) is 31.2 Å². The van der Waals surface area contributed by atoms with E-state index in [1.807, 2.05) is 0 Å². The Balaban J connectivity index is 1.81. The SMILES string of the molecule is FC(F)(F)c1cccnc1N1CCOCC1CNC1CC1. The molecule has 1 aromatic rings. The molecule has 0 spiro atoms. The van der Waals surface area contributed by atoms with E-state index < -0.39 is 11.7 Å². The van der Waals surface area contributed by atoms with E-state index in [1.54, 1.807) is 4.90 Å². The number of hydrogen-bond acceptors (Lipinski definition) is 4. The lowest BCUT2D eigenvalue weighted by molar-refractivity contribution is -0.137. The molecule has 1 saturated carbocycles. The van der Waals surface area contributed by atoms with Crippen molar-refractivity contribution >= 4 is 5.82 Å². The molecule has 2 heterocycles. The predicted molar refractivity (Wildman–Crippen MR) is 72.2 cm³/mol. The second-order valence-corrected chi connectivity index (χ2v) is 5.48. The van der Waals surface area contributed by atoms with E-state index in [0.29, 0.717) is 32.3 Å². The maximum Gasteiger partial charge on any atom is 0.419 e. The highest BCUT2D eigenvalue weighted by molar-refractivity contribution is 5.49. The third kappa shape index (κ3) is 3.47. The van der Waals surface area contributed by atoms with Gasteiger partial charge in [0, 0.05) is 25.3 Å². The Morgan fingerprint density at radius 1 is 1.38 bits per heavy atom. The summed E-state index contributed by atoms with van der Waals surface area (Å²) in [6.45, 7) is 1.90. The fourth-order valence-electron chi connectivity index (χ4n) is 2.54. The van der Waals surface area contributed by atoms with E-state index >= 15 is 0 Å². The number of pyridine rings is 1. The number of morpholine rings is 1. The smallest absolute Gasteiger partial charge is 0.377 e. The normalized spacial score (nSPS) is 23.4. The summed E-state index contributed by atoms with van der Waals surface area (Å²) in [4.78, 5) is 5.71. The van der Waals surface area contributed by atoms with Gasteiger partial charge in [0.05, 0.1) is 24.8 Å². The quantitative estimate of drug-likeness (QED) is 0.924. The number of rotatable bonds is 4. The Hall–Kier alpha value is -1.34. The fraction of sp³-hybridized carbons (Fsp3) is 0.643. The molecule has 3 rings (SSSR count). The van der Waals surface area contributed by atoms with Crippen LogP contribution in [0.2, 0.25) is 0 Å². The Morgan fingerprint density at radius 3 is 2.90 bits per heavy atom. The monoisotopic (exact) mass is 301 g/mol. The molecule has 1 unspecified atom stereocenters. The van der Waals surface area contributed by atoms with Crippen LogP contribution in [0.4, 0.5) is 19.0 Å². The van der Waals surface area contributed by atoms with Crippen LogP contribution in [0.5, 0.6) is 0 Å². The summed E-state index contributed by atoms with van der Waals surface area (Å²) in [6.07, 6.45) is -0.697. The molecule has 4 nitrogen and oxygen atoms in total. The number of hydrogen-bond donors (Lipinski definition) is 1. The number of aromatic nitrogens is 1. The summed E-state index contributed by atoms with van der Waals surface area (Å²) in [5.41, 5.74) is -0.677. The van der Waals surface area contributed by atoms with Crippen molar-refractivity contribution in [3.05, 3.63) is 23.9 Å². The molecule has 0 radical (unpaired) electrons. The maximum absolute atomic E-state index is 13.1. The molecule has 0 amide bonds. The van der Waals surface area contributed by atoms with Gasteiger partial charge in [0.1, 0.15) is 5.82 Å². The lowest BCUT2D eigenvalue weighted by atomic mass is 10.1. The molecular formula is C14H18F3N3O. The summed E-state index contributed by atoms with van der Waals surface area (Å²) in [6, 6.07) is 2.81. The fourth-order valence-corrected chi connectivity index (χ4v) is 2.54. The first-order chi connectivity index (χ1) is 10.1. The van der Waals surface area contributed by atoms with Gasteiger partial charge in [-0.3, -0.25) is 0 Å². The zero-order chi connectivity index (χ0) is 14.9. The van der Waals surface area contributed by atoms with Gasteiger partial charge in [-0.25, -0.2) is 4.98 Å². The van der Waals surface area contributed by atoms with E-state index in [9.17, 15) is 13.2 Å². The minimum atomic E-state index is -4.39. The van der Waals surface area contributed by atoms with Crippen molar-refractivity contribution in [3.63, 3.8) is 0 Å². The molecule has 1 N–H and O–H groups in total. The minimum absolute atomic E-state index is 0.0101. The molecule has 0 bridgehead atoms. The van der Waals surface area contributed by atoms with Gasteiger partial charge in [-0.2, -0.15) is 13.2 Å². The number of alkyl halides is 3. The van der Waals surface area contributed by atoms with Crippen LogP contribution in [-0.4, -0.2) is 43.4 Å². The average Bonchev–Trinajstić information content (AvgIpc) is 3.29. The van der Waals surface area contributed by atoms with Crippen molar-refractivity contribution in [3.8, 4) is 0 Å². The Kier molecular flexibility index (Phi) is 4.03. The Labute approximate surface area is 121 Å². The standard InChI is InChI=1S/C14H18F3N3O/c15-14(16,17)12-2-1-5-18-13(12)20-6-7-21-9-11(20)8-19-10-3-4-10/h1-2,5,10-11,19H,3-4,6-9H2. The molecule has 2 fully saturated rings. The first-order valence-electron chi connectivity index (χ1n) is 7.15. The molecule has 1 aromatic heterocycles. The predicted octanol–water partition coefficient (Wildman–Crippen LogP) is 2.06. The summed E-state index contributed by atoms with van der Waals surface area (Å²) in [7, 11) is 0. The van der Waals surface area contributed by atoms with Crippen LogP contribution >= 0.6 is 0 Å². The van der Waals surface area contributed by atoms with Crippen LogP contribution in [0, 0.1) is 0 Å². The van der Waals surface area contributed by atoms with Crippen LogP contribution in [0.3, 0.4) is 0 Å². The molecule has 21 heavy (non-hydrogen) atoms. The summed E-state index contributed by atoms with van der Waals surface area (Å²) in [5.74, 6) is 0.0101. The first kappa shape index (κ1) is 14.6. The topological polar surface area (TPSA) is 37.4 Å². The number of halogens is 3. The largest absolute Gasteiger partial charge is 0.419 e. The van der Waals surface area contributed by atoms with Gasteiger partial charge in [0.25, 0.3) is 0 Å². The maximum atomic E-state index is 13.1. The van der Waals surface area contributed by atoms with Gasteiger partial charge in [-0.15, -0.1) is 0 Å². The van der Waals surface area contributed by atoms with Gasteiger partial charge in [0.2, 0.25) is 0 Å². The molecule has 1 atom stereocenters. The van der Waals surface area contributed by atoms with Crippen molar-refractivity contribution in [1.82, 2.24) is 10.3 Å². The van der Waals surface area contributed by atoms with Crippen molar-refractivity contribution < 1.29 is 17.9 Å². The van der Waals surface area contributed by atoms with Crippen LogP contribution < -0.4 is 10.2 Å². The summed E-state index contributed by atoms with van der Waals surface area (Å²) >= 11 is 0. The van der Waals surface area contributed by atoms with Gasteiger partial charge in [0.15, 0.2) is 0 Å². The number of ether oxygens (including phenoxy) is 1. The third-order valence-electron chi connectivity index (χ3n) is 3.81. The molecular weight excluding hydrogens is 283 g/mol. The van der Waals surface area contributed by atoms with E-state index in [-0.39, 0.29) is 11.9 Å². The van der Waals surface area contributed by atoms with Crippen LogP contribution in [0.15, 0.2) is 18.3 Å². The van der Waals surface area contributed by atoms with Crippen molar-refractivity contribution in [1.29, 1.82) is 0 Å². The van der Waals surface area contributed by atoms with Crippen LogP contribution in [0.1, 0.15) is 18.4 Å². The molecule has 2 aliphatic rings. The molecule has 0 aromatic carbocycles. The highest BCUT2D eigenvalue weighted by Crippen LogP contribution is 2.36. The summed E-state index contributed by atoms with van der Waals surface area (Å²) < 4.78 is 44.8. The second kappa shape index (κ2) is 5.81. The van der Waals surface area contributed by atoms with Crippen LogP contribution in [0.25, 0.3) is 0 Å². The third-order valence-corrected chi connectivity index (χ3v) is 3.81. The highest BCUT2D eigenvalue weighted by Gasteiger charge is 2.38. The van der Waals surface area contributed by atoms with Crippen molar-refractivity contribution in [2.45, 2.75) is 31.1 Å². The van der Waals surface area contributed by atoms with Gasteiger partial charge in [-0.1, -0.05) is 0 Å². The van der Waals surface area contributed by atoms with Gasteiger partial charge >= 0.3 is 6.18 Å². The minimum Gasteiger partial charge on any atom is -0.377 e. The zero-order valence-corrected chi connectivity index (χ0v) is 11.6. The van der Waals surface area contributed by atoms with Gasteiger partial charge < -0.3 is 15.0 Å². The molecule has 1 saturated heterocycles. The molecule has 1 aliphatic carbocycles. The second-order valence-electron chi connectivity index (χ2n) is 5.48. The Bertz CT molecular complexity index is 491. The van der Waals surface area contributed by atoms with Crippen LogP contribution in [-0.2, 0) is 10.9 Å². The highest BCUT2D eigenvalue weighted by atomic mass is 19.4. The number of nitrogens with zero attached hydrogens (tertiary/aromatic N) is 2. The van der Waals surface area contributed by atoms with E-state index in [1.165, 1.54) is 12.3 Å². The number of nitrogens with one attached hydrogen (secondary N) is 1. The van der Waals surface area contributed by atoms with E-state index in [0.717, 1.165) is 18.9 Å². The molecule has 1 aliphatic heterocycles. The lowest BCUT2D eigenvalue weighted by Gasteiger charge is -2.37. The number of anilines is 1. The zero-order valence-electron chi connectivity index (χ0n) is 11.6. The van der Waals surface area contributed by atoms with E-state index in [2.05, 4.69) is 10.3 Å². The van der Waals surface area contributed by atoms with Crippen molar-refractivity contribution in [2.24, 2.45) is 0 Å². The molecule has 116 valence electrons. The average molecular weight is 301 g/mol. The lowest BCUT2D eigenvalue weighted by Crippen LogP contribution is -2.51. The first-order valence-corrected chi connectivity index (χ1v) is 7.15. The van der Waals surface area contributed by atoms with Gasteiger partial charge in [-0.05, 0) is 25.0 Å². The Morgan fingerprint density at radius 2 is 2.19 bits per heavy atom.